The first kappa shape index (κ1) is 13.8. The number of carbonyl (C=O) groups excluding carboxylic acids is 1. The number of likely N-dealkylation sites (N-methyl/N-ethyl adjacent to an activating group) is 1. The second-order valence-corrected chi connectivity index (χ2v) is 4.88. The SMILES string of the molecule is CN(CC1(O)CCOCC1)C(=O)/C=C/c1ccco1. The molecule has 1 aromatic heterocycles. The van der Waals surface area contributed by atoms with E-state index in [0.29, 0.717) is 38.4 Å². The fourth-order valence-corrected chi connectivity index (χ4v) is 2.10. The van der Waals surface area contributed by atoms with Gasteiger partial charge in [-0.3, -0.25) is 4.79 Å². The van der Waals surface area contributed by atoms with Crippen molar-refractivity contribution in [3.8, 4) is 0 Å². The van der Waals surface area contributed by atoms with E-state index in [-0.39, 0.29) is 5.91 Å². The topological polar surface area (TPSA) is 62.9 Å². The van der Waals surface area contributed by atoms with Crippen molar-refractivity contribution in [3.05, 3.63) is 30.2 Å². The van der Waals surface area contributed by atoms with Crippen LogP contribution in [0.1, 0.15) is 18.6 Å². The second kappa shape index (κ2) is 6.04. The molecule has 19 heavy (non-hydrogen) atoms. The molecule has 0 bridgehead atoms. The van der Waals surface area contributed by atoms with Gasteiger partial charge in [-0.2, -0.15) is 0 Å². The summed E-state index contributed by atoms with van der Waals surface area (Å²) in [5.41, 5.74) is -0.832. The lowest BCUT2D eigenvalue weighted by molar-refractivity contribution is -0.131. The van der Waals surface area contributed by atoms with Crippen molar-refractivity contribution >= 4 is 12.0 Å². The number of nitrogens with zero attached hydrogens (tertiary/aromatic N) is 1. The Morgan fingerprint density at radius 2 is 2.26 bits per heavy atom. The van der Waals surface area contributed by atoms with Gasteiger partial charge in [-0.1, -0.05) is 0 Å². The second-order valence-electron chi connectivity index (χ2n) is 4.88. The van der Waals surface area contributed by atoms with Crippen LogP contribution < -0.4 is 0 Å². The first-order valence-electron chi connectivity index (χ1n) is 6.36. The lowest BCUT2D eigenvalue weighted by Gasteiger charge is -2.35. The zero-order chi connectivity index (χ0) is 13.7. The summed E-state index contributed by atoms with van der Waals surface area (Å²) in [6.45, 7) is 1.40. The highest BCUT2D eigenvalue weighted by atomic mass is 16.5. The predicted octanol–water partition coefficient (Wildman–Crippen LogP) is 1.29. The zero-order valence-corrected chi connectivity index (χ0v) is 11.0. The molecule has 1 aliphatic heterocycles. The van der Waals surface area contributed by atoms with Gasteiger partial charge in [0.2, 0.25) is 5.91 Å². The highest BCUT2D eigenvalue weighted by Crippen LogP contribution is 2.21. The Morgan fingerprint density at radius 1 is 1.53 bits per heavy atom. The standard InChI is InChI=1S/C14H19NO4/c1-15(11-14(17)6-9-18-10-7-14)13(16)5-4-12-3-2-8-19-12/h2-5,8,17H,6-7,9-11H2,1H3/b5-4+. The maximum Gasteiger partial charge on any atom is 0.246 e. The van der Waals surface area contributed by atoms with E-state index >= 15 is 0 Å². The van der Waals surface area contributed by atoms with Crippen molar-refractivity contribution < 1.29 is 19.1 Å². The molecule has 0 saturated carbocycles. The fourth-order valence-electron chi connectivity index (χ4n) is 2.10. The first-order chi connectivity index (χ1) is 9.09. The third kappa shape index (κ3) is 3.94. The minimum atomic E-state index is -0.832. The minimum Gasteiger partial charge on any atom is -0.465 e. The van der Waals surface area contributed by atoms with Gasteiger partial charge in [-0.15, -0.1) is 0 Å². The molecule has 1 amide bonds. The zero-order valence-electron chi connectivity index (χ0n) is 11.0. The van der Waals surface area contributed by atoms with Crippen LogP contribution in [0, 0.1) is 0 Å². The highest BCUT2D eigenvalue weighted by Gasteiger charge is 2.31. The molecule has 1 aliphatic rings. The molecule has 0 unspecified atom stereocenters. The molecule has 0 atom stereocenters. The molecule has 1 N–H and O–H groups in total. The lowest BCUT2D eigenvalue weighted by Crippen LogP contribution is -2.47. The predicted molar refractivity (Wildman–Crippen MR) is 70.4 cm³/mol. The van der Waals surface area contributed by atoms with Gasteiger partial charge in [0.15, 0.2) is 0 Å². The molecule has 0 radical (unpaired) electrons. The Morgan fingerprint density at radius 3 is 2.89 bits per heavy atom. The number of carbonyl (C=O) groups is 1. The summed E-state index contributed by atoms with van der Waals surface area (Å²) < 4.78 is 10.3. The highest BCUT2D eigenvalue weighted by molar-refractivity contribution is 5.91. The first-order valence-corrected chi connectivity index (χ1v) is 6.36. The van der Waals surface area contributed by atoms with Gasteiger partial charge in [0.1, 0.15) is 5.76 Å². The third-order valence-corrected chi connectivity index (χ3v) is 3.26. The monoisotopic (exact) mass is 265 g/mol. The summed E-state index contributed by atoms with van der Waals surface area (Å²) >= 11 is 0. The Labute approximate surface area is 112 Å². The molecule has 0 aliphatic carbocycles. The smallest absolute Gasteiger partial charge is 0.246 e. The summed E-state index contributed by atoms with van der Waals surface area (Å²) in [4.78, 5) is 13.4. The van der Waals surface area contributed by atoms with E-state index in [2.05, 4.69) is 0 Å². The van der Waals surface area contributed by atoms with Crippen LogP contribution in [-0.2, 0) is 9.53 Å². The molecule has 1 aromatic rings. The summed E-state index contributed by atoms with van der Waals surface area (Å²) in [6, 6.07) is 3.54. The van der Waals surface area contributed by atoms with Gasteiger partial charge in [-0.25, -0.2) is 0 Å². The van der Waals surface area contributed by atoms with Crippen LogP contribution in [-0.4, -0.2) is 48.3 Å². The number of aliphatic hydroxyl groups is 1. The third-order valence-electron chi connectivity index (χ3n) is 3.26. The molecule has 2 rings (SSSR count). The quantitative estimate of drug-likeness (QED) is 0.833. The van der Waals surface area contributed by atoms with Crippen LogP contribution in [0.15, 0.2) is 28.9 Å². The number of amides is 1. The van der Waals surface area contributed by atoms with Crippen molar-refractivity contribution in [2.45, 2.75) is 18.4 Å². The van der Waals surface area contributed by atoms with Crippen LogP contribution in [0.3, 0.4) is 0 Å². The van der Waals surface area contributed by atoms with Crippen LogP contribution in [0.4, 0.5) is 0 Å². The summed E-state index contributed by atoms with van der Waals surface area (Å²) in [7, 11) is 1.68. The van der Waals surface area contributed by atoms with Crippen molar-refractivity contribution in [2.75, 3.05) is 26.8 Å². The van der Waals surface area contributed by atoms with E-state index in [4.69, 9.17) is 9.15 Å². The molecular weight excluding hydrogens is 246 g/mol. The maximum atomic E-state index is 11.9. The number of furan rings is 1. The lowest BCUT2D eigenvalue weighted by atomic mass is 9.94. The van der Waals surface area contributed by atoms with Gasteiger partial charge in [0.25, 0.3) is 0 Å². The Kier molecular flexibility index (Phi) is 4.39. The molecule has 5 heteroatoms. The van der Waals surface area contributed by atoms with E-state index in [1.54, 1.807) is 31.5 Å². The van der Waals surface area contributed by atoms with Gasteiger partial charge in [0, 0.05) is 45.7 Å². The normalized spacial score (nSPS) is 18.6. The Bertz CT molecular complexity index is 432. The molecule has 104 valence electrons. The minimum absolute atomic E-state index is 0.156. The van der Waals surface area contributed by atoms with Crippen LogP contribution in [0.5, 0.6) is 0 Å². The van der Waals surface area contributed by atoms with Gasteiger partial charge in [0.05, 0.1) is 11.9 Å². The molecule has 0 spiro atoms. The van der Waals surface area contributed by atoms with E-state index < -0.39 is 5.60 Å². The van der Waals surface area contributed by atoms with Crippen LogP contribution in [0.25, 0.3) is 6.08 Å². The van der Waals surface area contributed by atoms with Crippen molar-refractivity contribution in [1.82, 2.24) is 4.90 Å². The van der Waals surface area contributed by atoms with E-state index in [0.717, 1.165) is 0 Å². The summed E-state index contributed by atoms with van der Waals surface area (Å²) in [5.74, 6) is 0.475. The number of ether oxygens (including phenoxy) is 1. The van der Waals surface area contributed by atoms with Gasteiger partial charge < -0.3 is 19.2 Å². The molecule has 2 heterocycles. The molecule has 5 nitrogen and oxygen atoms in total. The van der Waals surface area contributed by atoms with Crippen LogP contribution in [0.2, 0.25) is 0 Å². The average molecular weight is 265 g/mol. The molecule has 1 saturated heterocycles. The Balaban J connectivity index is 1.88. The van der Waals surface area contributed by atoms with Gasteiger partial charge >= 0.3 is 0 Å². The largest absolute Gasteiger partial charge is 0.465 e. The van der Waals surface area contributed by atoms with Crippen LogP contribution >= 0.6 is 0 Å². The Hall–Kier alpha value is -1.59. The molecular formula is C14H19NO4. The molecule has 0 aromatic carbocycles. The van der Waals surface area contributed by atoms with Crippen molar-refractivity contribution in [2.24, 2.45) is 0 Å². The van der Waals surface area contributed by atoms with Crippen molar-refractivity contribution in [3.63, 3.8) is 0 Å². The van der Waals surface area contributed by atoms with E-state index in [9.17, 15) is 9.90 Å². The number of hydrogen-bond donors (Lipinski definition) is 1. The van der Waals surface area contributed by atoms with Gasteiger partial charge in [-0.05, 0) is 18.2 Å². The summed E-state index contributed by atoms with van der Waals surface area (Å²) in [6.07, 6.45) is 5.74. The fraction of sp³-hybridized carbons (Fsp3) is 0.500. The molecule has 1 fully saturated rings. The van der Waals surface area contributed by atoms with E-state index in [1.807, 2.05) is 0 Å². The summed E-state index contributed by atoms with van der Waals surface area (Å²) in [5, 5.41) is 10.3. The number of rotatable bonds is 4. The maximum absolute atomic E-state index is 11.9. The average Bonchev–Trinajstić information content (AvgIpc) is 2.89. The number of hydrogen-bond acceptors (Lipinski definition) is 4. The van der Waals surface area contributed by atoms with Crippen molar-refractivity contribution in [1.29, 1.82) is 0 Å². The van der Waals surface area contributed by atoms with E-state index in [1.165, 1.54) is 11.0 Å².